The van der Waals surface area contributed by atoms with Gasteiger partial charge in [-0.3, -0.25) is 0 Å². The second-order valence-corrected chi connectivity index (χ2v) is 4.51. The monoisotopic (exact) mass is 250 g/mol. The van der Waals surface area contributed by atoms with E-state index in [1.54, 1.807) is 12.1 Å². The van der Waals surface area contributed by atoms with Crippen LogP contribution >= 0.6 is 0 Å². The Hall–Kier alpha value is -2.55. The highest BCUT2D eigenvalue weighted by molar-refractivity contribution is 5.62. The number of aromatic hydroxyl groups is 1. The quantitative estimate of drug-likeness (QED) is 0.755. The Bertz CT molecular complexity index is 702. The average molecular weight is 250 g/mol. The van der Waals surface area contributed by atoms with E-state index in [-0.39, 0.29) is 5.75 Å². The molecule has 0 atom stereocenters. The first-order valence-electron chi connectivity index (χ1n) is 6.14. The van der Waals surface area contributed by atoms with Crippen molar-refractivity contribution in [2.24, 2.45) is 0 Å². The van der Waals surface area contributed by atoms with Gasteiger partial charge in [-0.1, -0.05) is 30.3 Å². The lowest BCUT2D eigenvalue weighted by atomic mass is 10.1. The SMILES string of the molecule is Cc1cc(O)ccc1-n1cc(-c2ccccc2)cn1. The molecule has 1 N–H and O–H groups in total. The molecule has 0 unspecified atom stereocenters. The fourth-order valence-corrected chi connectivity index (χ4v) is 2.13. The Balaban J connectivity index is 2.02. The number of phenols is 1. The van der Waals surface area contributed by atoms with Crippen LogP contribution in [0.2, 0.25) is 0 Å². The molecule has 1 heterocycles. The zero-order chi connectivity index (χ0) is 13.2. The van der Waals surface area contributed by atoms with Gasteiger partial charge in [0.1, 0.15) is 5.75 Å². The topological polar surface area (TPSA) is 38.0 Å². The lowest BCUT2D eigenvalue weighted by Gasteiger charge is -2.05. The minimum absolute atomic E-state index is 0.275. The summed E-state index contributed by atoms with van der Waals surface area (Å²) in [5.74, 6) is 0.275. The van der Waals surface area contributed by atoms with Gasteiger partial charge in [0.05, 0.1) is 11.9 Å². The Kier molecular flexibility index (Phi) is 2.80. The van der Waals surface area contributed by atoms with Crippen LogP contribution in [-0.2, 0) is 0 Å². The van der Waals surface area contributed by atoms with Gasteiger partial charge in [0.15, 0.2) is 0 Å². The summed E-state index contributed by atoms with van der Waals surface area (Å²) in [6, 6.07) is 15.4. The van der Waals surface area contributed by atoms with Crippen molar-refractivity contribution in [3.63, 3.8) is 0 Å². The predicted molar refractivity (Wildman–Crippen MR) is 75.4 cm³/mol. The van der Waals surface area contributed by atoms with Gasteiger partial charge in [-0.15, -0.1) is 0 Å². The molecule has 3 rings (SSSR count). The summed E-state index contributed by atoms with van der Waals surface area (Å²) in [5, 5.41) is 13.8. The van der Waals surface area contributed by atoms with Gasteiger partial charge in [0, 0.05) is 11.8 Å². The molecule has 2 aromatic carbocycles. The van der Waals surface area contributed by atoms with E-state index in [0.29, 0.717) is 0 Å². The minimum atomic E-state index is 0.275. The number of aryl methyl sites for hydroxylation is 1. The third-order valence-corrected chi connectivity index (χ3v) is 3.12. The molecule has 0 bridgehead atoms. The highest BCUT2D eigenvalue weighted by Crippen LogP contribution is 2.22. The van der Waals surface area contributed by atoms with E-state index in [2.05, 4.69) is 17.2 Å². The fourth-order valence-electron chi connectivity index (χ4n) is 2.13. The molecule has 94 valence electrons. The summed E-state index contributed by atoms with van der Waals surface area (Å²) in [5.41, 5.74) is 4.18. The minimum Gasteiger partial charge on any atom is -0.508 e. The first-order chi connectivity index (χ1) is 9.24. The molecule has 3 nitrogen and oxygen atoms in total. The maximum atomic E-state index is 9.44. The van der Waals surface area contributed by atoms with Crippen molar-refractivity contribution in [3.8, 4) is 22.6 Å². The number of phenolic OH excluding ortho intramolecular Hbond substituents is 1. The van der Waals surface area contributed by atoms with Crippen LogP contribution in [-0.4, -0.2) is 14.9 Å². The number of rotatable bonds is 2. The molecule has 0 amide bonds. The molecule has 0 saturated heterocycles. The molecule has 19 heavy (non-hydrogen) atoms. The van der Waals surface area contributed by atoms with Gasteiger partial charge in [-0.25, -0.2) is 4.68 Å². The van der Waals surface area contributed by atoms with Crippen molar-refractivity contribution in [1.82, 2.24) is 9.78 Å². The van der Waals surface area contributed by atoms with Crippen LogP contribution in [0.3, 0.4) is 0 Å². The second-order valence-electron chi connectivity index (χ2n) is 4.51. The first kappa shape index (κ1) is 11.5. The van der Waals surface area contributed by atoms with Crippen LogP contribution in [0.15, 0.2) is 60.9 Å². The van der Waals surface area contributed by atoms with Crippen molar-refractivity contribution in [2.75, 3.05) is 0 Å². The predicted octanol–water partition coefficient (Wildman–Crippen LogP) is 3.55. The lowest BCUT2D eigenvalue weighted by Crippen LogP contribution is -1.96. The summed E-state index contributed by atoms with van der Waals surface area (Å²) >= 11 is 0. The summed E-state index contributed by atoms with van der Waals surface area (Å²) in [6.07, 6.45) is 3.84. The Morgan fingerprint density at radius 3 is 2.53 bits per heavy atom. The highest BCUT2D eigenvalue weighted by Gasteiger charge is 2.05. The molecule has 0 aliphatic rings. The Labute approximate surface area is 111 Å². The maximum absolute atomic E-state index is 9.44. The van der Waals surface area contributed by atoms with Gasteiger partial charge in [-0.05, 0) is 36.2 Å². The summed E-state index contributed by atoms with van der Waals surface area (Å²) < 4.78 is 1.83. The van der Waals surface area contributed by atoms with Crippen molar-refractivity contribution < 1.29 is 5.11 Å². The number of nitrogens with zero attached hydrogens (tertiary/aromatic N) is 2. The standard InChI is InChI=1S/C16H14N2O/c1-12-9-15(19)7-8-16(12)18-11-14(10-17-18)13-5-3-2-4-6-13/h2-11,19H,1H3. The molecule has 3 aromatic rings. The third-order valence-electron chi connectivity index (χ3n) is 3.12. The van der Waals surface area contributed by atoms with Crippen molar-refractivity contribution in [2.45, 2.75) is 6.92 Å². The van der Waals surface area contributed by atoms with Crippen molar-refractivity contribution >= 4 is 0 Å². The van der Waals surface area contributed by atoms with Crippen molar-refractivity contribution in [3.05, 3.63) is 66.5 Å². The zero-order valence-corrected chi connectivity index (χ0v) is 10.6. The van der Waals surface area contributed by atoms with Crippen LogP contribution in [0.4, 0.5) is 0 Å². The molecular formula is C16H14N2O. The molecule has 0 spiro atoms. The maximum Gasteiger partial charge on any atom is 0.115 e. The lowest BCUT2D eigenvalue weighted by molar-refractivity contribution is 0.474. The highest BCUT2D eigenvalue weighted by atomic mass is 16.3. The average Bonchev–Trinajstić information content (AvgIpc) is 2.89. The molecular weight excluding hydrogens is 236 g/mol. The van der Waals surface area contributed by atoms with Crippen LogP contribution in [0.25, 0.3) is 16.8 Å². The van der Waals surface area contributed by atoms with E-state index < -0.39 is 0 Å². The van der Waals surface area contributed by atoms with Crippen LogP contribution < -0.4 is 0 Å². The van der Waals surface area contributed by atoms with Crippen LogP contribution in [0.5, 0.6) is 5.75 Å². The van der Waals surface area contributed by atoms with E-state index in [9.17, 15) is 5.11 Å². The second kappa shape index (κ2) is 4.61. The molecule has 0 aliphatic heterocycles. The van der Waals surface area contributed by atoms with Gasteiger partial charge >= 0.3 is 0 Å². The number of aromatic nitrogens is 2. The molecule has 0 fully saturated rings. The molecule has 0 radical (unpaired) electrons. The van der Waals surface area contributed by atoms with Gasteiger partial charge in [-0.2, -0.15) is 5.10 Å². The first-order valence-corrected chi connectivity index (χ1v) is 6.14. The zero-order valence-electron chi connectivity index (χ0n) is 10.6. The van der Waals surface area contributed by atoms with Crippen LogP contribution in [0.1, 0.15) is 5.56 Å². The van der Waals surface area contributed by atoms with E-state index in [1.165, 1.54) is 0 Å². The van der Waals surface area contributed by atoms with Gasteiger partial charge in [0.25, 0.3) is 0 Å². The summed E-state index contributed by atoms with van der Waals surface area (Å²) in [4.78, 5) is 0. The van der Waals surface area contributed by atoms with E-state index >= 15 is 0 Å². The molecule has 1 aromatic heterocycles. The van der Waals surface area contributed by atoms with Gasteiger partial charge < -0.3 is 5.11 Å². The fraction of sp³-hybridized carbons (Fsp3) is 0.0625. The van der Waals surface area contributed by atoms with Gasteiger partial charge in [0.2, 0.25) is 0 Å². The van der Waals surface area contributed by atoms with E-state index in [4.69, 9.17) is 0 Å². The molecule has 3 heteroatoms. The number of hydrogen-bond acceptors (Lipinski definition) is 2. The molecule has 0 aliphatic carbocycles. The van der Waals surface area contributed by atoms with Crippen molar-refractivity contribution in [1.29, 1.82) is 0 Å². The summed E-state index contributed by atoms with van der Waals surface area (Å²) in [6.45, 7) is 1.96. The normalized spacial score (nSPS) is 10.6. The largest absolute Gasteiger partial charge is 0.508 e. The Morgan fingerprint density at radius 1 is 1.00 bits per heavy atom. The number of benzene rings is 2. The van der Waals surface area contributed by atoms with E-state index in [0.717, 1.165) is 22.4 Å². The summed E-state index contributed by atoms with van der Waals surface area (Å²) in [7, 11) is 0. The van der Waals surface area contributed by atoms with Crippen LogP contribution in [0, 0.1) is 6.92 Å². The third kappa shape index (κ3) is 2.22. The smallest absolute Gasteiger partial charge is 0.115 e. The Morgan fingerprint density at radius 2 is 1.79 bits per heavy atom. The molecule has 0 saturated carbocycles. The number of hydrogen-bond donors (Lipinski definition) is 1. The van der Waals surface area contributed by atoms with E-state index in [1.807, 2.05) is 48.3 Å².